The topological polar surface area (TPSA) is 37.4 Å². The fourth-order valence-corrected chi connectivity index (χ4v) is 2.34. The average Bonchev–Trinajstić information content (AvgIpc) is 1.95. The van der Waals surface area contributed by atoms with Gasteiger partial charge in [-0.05, 0) is 26.3 Å². The summed E-state index contributed by atoms with van der Waals surface area (Å²) in [6.45, 7) is 3.20. The van der Waals surface area contributed by atoms with Crippen molar-refractivity contribution in [2.45, 2.75) is 19.4 Å². The molecule has 4 heteroatoms. The van der Waals surface area contributed by atoms with Gasteiger partial charge >= 0.3 is 0 Å². The fourth-order valence-electron chi connectivity index (χ4n) is 1.61. The van der Waals surface area contributed by atoms with E-state index in [2.05, 4.69) is 18.9 Å². The third-order valence-electron chi connectivity index (χ3n) is 2.76. The Morgan fingerprint density at radius 1 is 1.50 bits per heavy atom. The molecule has 1 aliphatic heterocycles. The van der Waals surface area contributed by atoms with Gasteiger partial charge in [0.05, 0.1) is 5.75 Å². The van der Waals surface area contributed by atoms with Gasteiger partial charge < -0.3 is 4.90 Å². The number of likely N-dealkylation sites (tertiary alicyclic amines) is 1. The van der Waals surface area contributed by atoms with Gasteiger partial charge in [0.2, 0.25) is 0 Å². The van der Waals surface area contributed by atoms with Crippen LogP contribution in [0.1, 0.15) is 13.3 Å². The molecule has 1 heterocycles. The molecule has 2 atom stereocenters. The van der Waals surface area contributed by atoms with Crippen molar-refractivity contribution >= 4 is 9.84 Å². The van der Waals surface area contributed by atoms with E-state index in [1.807, 2.05) is 0 Å². The molecule has 0 bridgehead atoms. The molecular formula is C8H17NO2S. The lowest BCUT2D eigenvalue weighted by molar-refractivity contribution is 0.0533. The summed E-state index contributed by atoms with van der Waals surface area (Å²) in [5, 5.41) is 0. The maximum absolute atomic E-state index is 10.9. The van der Waals surface area contributed by atoms with Crippen molar-refractivity contribution in [2.75, 3.05) is 25.6 Å². The van der Waals surface area contributed by atoms with Gasteiger partial charge in [0, 0.05) is 18.8 Å². The number of sulfone groups is 1. The van der Waals surface area contributed by atoms with Crippen LogP contribution in [0.2, 0.25) is 0 Å². The molecule has 3 nitrogen and oxygen atoms in total. The van der Waals surface area contributed by atoms with E-state index < -0.39 is 9.84 Å². The van der Waals surface area contributed by atoms with Crippen molar-refractivity contribution in [1.82, 2.24) is 4.90 Å². The molecular weight excluding hydrogens is 174 g/mol. The Kier molecular flexibility index (Phi) is 2.78. The summed E-state index contributed by atoms with van der Waals surface area (Å²) in [5.74, 6) is 0.931. The minimum atomic E-state index is -2.75. The van der Waals surface area contributed by atoms with Crippen molar-refractivity contribution in [2.24, 2.45) is 5.92 Å². The van der Waals surface area contributed by atoms with Crippen LogP contribution in [0.5, 0.6) is 0 Å². The highest BCUT2D eigenvalue weighted by molar-refractivity contribution is 7.90. The summed E-state index contributed by atoms with van der Waals surface area (Å²) < 4.78 is 21.7. The molecule has 0 aromatic rings. The first-order valence-corrected chi connectivity index (χ1v) is 6.34. The molecule has 0 amide bonds. The number of nitrogens with zero attached hydrogens (tertiary/aromatic N) is 1. The highest BCUT2D eigenvalue weighted by atomic mass is 32.2. The molecule has 0 unspecified atom stereocenters. The van der Waals surface area contributed by atoms with Gasteiger partial charge in [0.15, 0.2) is 0 Å². The van der Waals surface area contributed by atoms with E-state index >= 15 is 0 Å². The molecule has 1 saturated heterocycles. The van der Waals surface area contributed by atoms with Gasteiger partial charge in [-0.1, -0.05) is 0 Å². The van der Waals surface area contributed by atoms with Crippen LogP contribution in [0.3, 0.4) is 0 Å². The second-order valence-electron chi connectivity index (χ2n) is 3.86. The van der Waals surface area contributed by atoms with Crippen LogP contribution in [-0.4, -0.2) is 45.0 Å². The Hall–Kier alpha value is -0.0900. The van der Waals surface area contributed by atoms with Crippen molar-refractivity contribution in [3.63, 3.8) is 0 Å². The first kappa shape index (κ1) is 9.99. The van der Waals surface area contributed by atoms with E-state index in [1.54, 1.807) is 0 Å². The summed E-state index contributed by atoms with van der Waals surface area (Å²) in [6.07, 6.45) is 2.13. The third-order valence-corrected chi connectivity index (χ3v) is 3.74. The third kappa shape index (κ3) is 2.45. The van der Waals surface area contributed by atoms with Crippen molar-refractivity contribution < 1.29 is 8.42 Å². The summed E-state index contributed by atoms with van der Waals surface area (Å²) in [5.41, 5.74) is 0. The van der Waals surface area contributed by atoms with Crippen molar-refractivity contribution in [3.05, 3.63) is 0 Å². The zero-order valence-electron chi connectivity index (χ0n) is 7.95. The molecule has 0 spiro atoms. The standard InChI is InChI=1S/C8H17NO2S/c1-7-8(6-9(7)2)4-5-12(3,10)11/h7-8H,4-6H2,1-3H3/t7-,8-/m0/s1. The second kappa shape index (κ2) is 3.34. The number of hydrogen-bond acceptors (Lipinski definition) is 3. The maximum atomic E-state index is 10.9. The molecule has 0 N–H and O–H groups in total. The Bertz CT molecular complexity index is 248. The average molecular weight is 191 g/mol. The molecule has 0 aromatic carbocycles. The second-order valence-corrected chi connectivity index (χ2v) is 6.12. The highest BCUT2D eigenvalue weighted by Crippen LogP contribution is 2.25. The van der Waals surface area contributed by atoms with Crippen LogP contribution in [0.25, 0.3) is 0 Å². The van der Waals surface area contributed by atoms with E-state index in [1.165, 1.54) is 6.26 Å². The number of rotatable bonds is 3. The quantitative estimate of drug-likeness (QED) is 0.647. The van der Waals surface area contributed by atoms with Crippen molar-refractivity contribution in [3.8, 4) is 0 Å². The minimum absolute atomic E-state index is 0.343. The van der Waals surface area contributed by atoms with Crippen LogP contribution >= 0.6 is 0 Å². The predicted molar refractivity (Wildman–Crippen MR) is 49.9 cm³/mol. The molecule has 1 aliphatic rings. The van der Waals surface area contributed by atoms with E-state index in [9.17, 15) is 8.42 Å². The summed E-state index contributed by atoms with van der Waals surface area (Å²) >= 11 is 0. The van der Waals surface area contributed by atoms with Crippen LogP contribution in [0.4, 0.5) is 0 Å². The first-order valence-electron chi connectivity index (χ1n) is 4.28. The zero-order valence-corrected chi connectivity index (χ0v) is 8.76. The minimum Gasteiger partial charge on any atom is -0.303 e. The molecule has 1 rings (SSSR count). The molecule has 72 valence electrons. The first-order chi connectivity index (χ1) is 5.40. The van der Waals surface area contributed by atoms with Gasteiger partial charge in [0.25, 0.3) is 0 Å². The predicted octanol–water partition coefficient (Wildman–Crippen LogP) is 0.371. The molecule has 1 fully saturated rings. The molecule has 0 radical (unpaired) electrons. The zero-order chi connectivity index (χ0) is 9.35. The van der Waals surface area contributed by atoms with Crippen LogP contribution < -0.4 is 0 Å². The van der Waals surface area contributed by atoms with Gasteiger partial charge in [-0.25, -0.2) is 8.42 Å². The largest absolute Gasteiger partial charge is 0.303 e. The van der Waals surface area contributed by atoms with Gasteiger partial charge in [-0.15, -0.1) is 0 Å². The molecule has 12 heavy (non-hydrogen) atoms. The smallest absolute Gasteiger partial charge is 0.147 e. The molecule has 0 aromatic heterocycles. The lowest BCUT2D eigenvalue weighted by Crippen LogP contribution is -2.52. The van der Waals surface area contributed by atoms with E-state index in [0.29, 0.717) is 17.7 Å². The van der Waals surface area contributed by atoms with Gasteiger partial charge in [-0.2, -0.15) is 0 Å². The lowest BCUT2D eigenvalue weighted by atomic mass is 9.88. The normalized spacial score (nSPS) is 31.6. The summed E-state index contributed by atoms with van der Waals surface area (Å²) in [7, 11) is -0.684. The Morgan fingerprint density at radius 3 is 2.42 bits per heavy atom. The summed E-state index contributed by atoms with van der Waals surface area (Å²) in [6, 6.07) is 0.562. The molecule has 0 saturated carbocycles. The fraction of sp³-hybridized carbons (Fsp3) is 1.00. The van der Waals surface area contributed by atoms with Crippen molar-refractivity contribution in [1.29, 1.82) is 0 Å². The lowest BCUT2D eigenvalue weighted by Gasteiger charge is -2.44. The van der Waals surface area contributed by atoms with Crippen LogP contribution in [0, 0.1) is 5.92 Å². The summed E-state index contributed by atoms with van der Waals surface area (Å²) in [4.78, 5) is 2.24. The Balaban J connectivity index is 2.27. The van der Waals surface area contributed by atoms with E-state index in [4.69, 9.17) is 0 Å². The van der Waals surface area contributed by atoms with Crippen LogP contribution in [0.15, 0.2) is 0 Å². The Labute approximate surface area is 74.7 Å². The van der Waals surface area contributed by atoms with E-state index in [0.717, 1.165) is 13.0 Å². The van der Waals surface area contributed by atoms with Gasteiger partial charge in [0.1, 0.15) is 9.84 Å². The van der Waals surface area contributed by atoms with Crippen LogP contribution in [-0.2, 0) is 9.84 Å². The molecule has 0 aliphatic carbocycles. The Morgan fingerprint density at radius 2 is 2.08 bits per heavy atom. The van der Waals surface area contributed by atoms with E-state index in [-0.39, 0.29) is 0 Å². The number of hydrogen-bond donors (Lipinski definition) is 0. The highest BCUT2D eigenvalue weighted by Gasteiger charge is 2.32. The maximum Gasteiger partial charge on any atom is 0.147 e. The monoisotopic (exact) mass is 191 g/mol. The SMILES string of the molecule is C[C@H]1[C@@H](CCS(C)(=O)=O)CN1C. The van der Waals surface area contributed by atoms with Gasteiger partial charge in [-0.3, -0.25) is 0 Å².